The Morgan fingerprint density at radius 1 is 1.09 bits per heavy atom. The van der Waals surface area contributed by atoms with Crippen LogP contribution < -0.4 is 16.0 Å². The molecule has 0 spiro atoms. The number of benzene rings is 2. The summed E-state index contributed by atoms with van der Waals surface area (Å²) in [5.41, 5.74) is 4.91. The standard InChI is InChI=1S/C33H38N4O7/c1-36(2)23-15-22(35-20-8-10-37(11-9-20)16-17-6-4-3-5-7-17)28(39)26-21(23)13-18-12-19-14-24(38)27(32(34)43)31(42)33(19,44)30(41)25(18)29(26)40/h3-7,15,18-20,35,39-40,42,44H,8-14,16H2,1-2H3,(H2,34,43). The molecule has 1 amide bonds. The number of carbonyl (C=O) groups excluding carboxylic acids is 3. The van der Waals surface area contributed by atoms with Gasteiger partial charge in [-0.15, -0.1) is 0 Å². The van der Waals surface area contributed by atoms with E-state index in [0.29, 0.717) is 11.3 Å². The lowest BCUT2D eigenvalue weighted by atomic mass is 9.59. The number of rotatable bonds is 6. The van der Waals surface area contributed by atoms with Crippen LogP contribution in [-0.2, 0) is 27.3 Å². The average Bonchev–Trinajstić information content (AvgIpc) is 2.97. The van der Waals surface area contributed by atoms with Crippen LogP contribution in [0, 0.1) is 11.8 Å². The highest BCUT2D eigenvalue weighted by molar-refractivity contribution is 6.22. The van der Waals surface area contributed by atoms with Crippen LogP contribution in [0.2, 0.25) is 0 Å². The number of amides is 1. The number of likely N-dealkylation sites (tertiary alicyclic amines) is 1. The van der Waals surface area contributed by atoms with Crippen molar-refractivity contribution in [2.24, 2.45) is 17.6 Å². The first-order valence-corrected chi connectivity index (χ1v) is 15.0. The molecule has 2 fully saturated rings. The van der Waals surface area contributed by atoms with Gasteiger partial charge in [0.2, 0.25) is 5.78 Å². The van der Waals surface area contributed by atoms with E-state index in [9.17, 15) is 34.8 Å². The monoisotopic (exact) mass is 602 g/mol. The molecule has 1 saturated heterocycles. The molecule has 3 atom stereocenters. The van der Waals surface area contributed by atoms with Crippen molar-refractivity contribution in [3.8, 4) is 5.75 Å². The van der Waals surface area contributed by atoms with E-state index < -0.39 is 52.0 Å². The molecule has 3 aliphatic carbocycles. The van der Waals surface area contributed by atoms with Crippen LogP contribution in [0.5, 0.6) is 5.75 Å². The van der Waals surface area contributed by atoms with Gasteiger partial charge in [0.05, 0.1) is 11.3 Å². The summed E-state index contributed by atoms with van der Waals surface area (Å²) >= 11 is 0. The summed E-state index contributed by atoms with van der Waals surface area (Å²) in [5.74, 6) is -6.33. The van der Waals surface area contributed by atoms with E-state index in [-0.39, 0.29) is 42.2 Å². The number of piperidine rings is 1. The van der Waals surface area contributed by atoms with Crippen LogP contribution in [0.4, 0.5) is 11.4 Å². The van der Waals surface area contributed by atoms with Crippen molar-refractivity contribution < 1.29 is 34.8 Å². The minimum Gasteiger partial charge on any atom is -0.508 e. The maximum Gasteiger partial charge on any atom is 0.255 e. The number of fused-ring (bicyclic) bond motifs is 3. The zero-order valence-corrected chi connectivity index (χ0v) is 24.8. The fraction of sp³-hybridized carbons (Fsp3) is 0.424. The number of aliphatic hydroxyl groups is 3. The third-order valence-corrected chi connectivity index (χ3v) is 9.72. The van der Waals surface area contributed by atoms with E-state index in [4.69, 9.17) is 5.73 Å². The molecule has 1 aliphatic heterocycles. The van der Waals surface area contributed by atoms with E-state index in [0.717, 1.165) is 38.2 Å². The fourth-order valence-corrected chi connectivity index (χ4v) is 7.48. The molecule has 0 bridgehead atoms. The van der Waals surface area contributed by atoms with Gasteiger partial charge in [-0.2, -0.15) is 0 Å². The molecule has 2 aromatic carbocycles. The number of aliphatic hydroxyl groups excluding tert-OH is 2. The Balaban J connectivity index is 1.33. The van der Waals surface area contributed by atoms with Crippen molar-refractivity contribution in [1.29, 1.82) is 0 Å². The van der Waals surface area contributed by atoms with Gasteiger partial charge in [-0.1, -0.05) is 30.3 Å². The topological polar surface area (TPSA) is 177 Å². The summed E-state index contributed by atoms with van der Waals surface area (Å²) in [6.45, 7) is 2.61. The van der Waals surface area contributed by atoms with Gasteiger partial charge in [-0.05, 0) is 48.8 Å². The van der Waals surface area contributed by atoms with Gasteiger partial charge in [-0.3, -0.25) is 19.3 Å². The Morgan fingerprint density at radius 2 is 1.77 bits per heavy atom. The van der Waals surface area contributed by atoms with Crippen molar-refractivity contribution in [3.63, 3.8) is 0 Å². The second kappa shape index (κ2) is 11.0. The van der Waals surface area contributed by atoms with Gasteiger partial charge in [0, 0.05) is 63.4 Å². The number of aromatic hydroxyl groups is 1. The van der Waals surface area contributed by atoms with E-state index in [2.05, 4.69) is 22.3 Å². The molecular weight excluding hydrogens is 564 g/mol. The van der Waals surface area contributed by atoms with Crippen LogP contribution in [0.1, 0.15) is 42.4 Å². The molecule has 0 aromatic heterocycles. The second-order valence-corrected chi connectivity index (χ2v) is 12.6. The Morgan fingerprint density at radius 3 is 2.41 bits per heavy atom. The highest BCUT2D eigenvalue weighted by atomic mass is 16.3. The Bertz CT molecular complexity index is 1610. The molecule has 44 heavy (non-hydrogen) atoms. The molecular formula is C33H38N4O7. The molecule has 232 valence electrons. The Labute approximate surface area is 255 Å². The fourth-order valence-electron chi connectivity index (χ4n) is 7.48. The lowest BCUT2D eigenvalue weighted by Gasteiger charge is -2.46. The Kier molecular flexibility index (Phi) is 7.41. The van der Waals surface area contributed by atoms with Crippen LogP contribution in [0.25, 0.3) is 5.76 Å². The first-order chi connectivity index (χ1) is 20.9. The molecule has 3 unspecified atom stereocenters. The van der Waals surface area contributed by atoms with E-state index in [1.54, 1.807) is 0 Å². The normalized spacial score (nSPS) is 25.8. The summed E-state index contributed by atoms with van der Waals surface area (Å²) in [6, 6.07) is 12.2. The number of nitrogens with two attached hydrogens (primary N) is 1. The molecule has 7 N–H and O–H groups in total. The highest BCUT2D eigenvalue weighted by Gasteiger charge is 2.60. The molecule has 11 nitrogen and oxygen atoms in total. The van der Waals surface area contributed by atoms with Gasteiger partial charge in [-0.25, -0.2) is 0 Å². The lowest BCUT2D eigenvalue weighted by molar-refractivity contribution is -0.147. The lowest BCUT2D eigenvalue weighted by Crippen LogP contribution is -2.58. The van der Waals surface area contributed by atoms with Crippen LogP contribution in [-0.4, -0.2) is 81.6 Å². The first kappa shape index (κ1) is 29.7. The number of anilines is 2. The van der Waals surface area contributed by atoms with Gasteiger partial charge < -0.3 is 36.4 Å². The predicted molar refractivity (Wildman–Crippen MR) is 164 cm³/mol. The number of hydrogen-bond donors (Lipinski definition) is 6. The molecule has 2 aromatic rings. The maximum atomic E-state index is 13.9. The number of hydrogen-bond acceptors (Lipinski definition) is 10. The second-order valence-electron chi connectivity index (χ2n) is 12.6. The largest absolute Gasteiger partial charge is 0.508 e. The van der Waals surface area contributed by atoms with Gasteiger partial charge in [0.1, 0.15) is 22.8 Å². The molecule has 4 aliphatic rings. The summed E-state index contributed by atoms with van der Waals surface area (Å²) < 4.78 is 0. The number of carbonyl (C=O) groups is 3. The molecule has 11 heteroatoms. The zero-order valence-electron chi connectivity index (χ0n) is 24.8. The summed E-state index contributed by atoms with van der Waals surface area (Å²) in [6.07, 6.45) is 1.69. The average molecular weight is 603 g/mol. The smallest absolute Gasteiger partial charge is 0.255 e. The number of ketones is 2. The third-order valence-electron chi connectivity index (χ3n) is 9.72. The Hall–Kier alpha value is -4.35. The van der Waals surface area contributed by atoms with Crippen molar-refractivity contribution in [3.05, 3.63) is 70.0 Å². The number of nitrogens with one attached hydrogen (secondary N) is 1. The zero-order chi connectivity index (χ0) is 31.5. The minimum atomic E-state index is -2.58. The highest BCUT2D eigenvalue weighted by Crippen LogP contribution is 2.54. The molecule has 6 rings (SSSR count). The maximum absolute atomic E-state index is 13.9. The van der Waals surface area contributed by atoms with Gasteiger partial charge in [0.15, 0.2) is 11.4 Å². The quantitative estimate of drug-likeness (QED) is 0.213. The van der Waals surface area contributed by atoms with E-state index >= 15 is 0 Å². The van der Waals surface area contributed by atoms with Crippen molar-refractivity contribution in [1.82, 2.24) is 4.90 Å². The van der Waals surface area contributed by atoms with Gasteiger partial charge in [0.25, 0.3) is 5.91 Å². The van der Waals surface area contributed by atoms with Gasteiger partial charge >= 0.3 is 0 Å². The predicted octanol–water partition coefficient (Wildman–Crippen LogP) is 2.57. The van der Waals surface area contributed by atoms with Crippen molar-refractivity contribution in [2.75, 3.05) is 37.4 Å². The SMILES string of the molecule is CN(C)c1cc(NC2CCN(Cc3ccccc3)CC2)c(O)c2c1CC1CC3CC(=O)C(C(N)=O)=C(O)C3(O)C(=O)C1=C2O. The summed E-state index contributed by atoms with van der Waals surface area (Å²) in [5, 5.41) is 48.9. The van der Waals surface area contributed by atoms with Crippen LogP contribution in [0.15, 0.2) is 53.3 Å². The summed E-state index contributed by atoms with van der Waals surface area (Å²) in [4.78, 5) is 42.7. The van der Waals surface area contributed by atoms with Crippen LogP contribution >= 0.6 is 0 Å². The molecule has 0 radical (unpaired) electrons. The van der Waals surface area contributed by atoms with E-state index in [1.165, 1.54) is 5.56 Å². The van der Waals surface area contributed by atoms with E-state index in [1.807, 2.05) is 43.3 Å². The number of Topliss-reactive ketones (excluding diaryl/α,β-unsaturated/α-hetero) is 2. The number of phenolic OH excluding ortho intramolecular Hbond substituents is 1. The van der Waals surface area contributed by atoms with Crippen molar-refractivity contribution >= 4 is 34.6 Å². The number of phenols is 1. The minimum absolute atomic E-state index is 0.0685. The third kappa shape index (κ3) is 4.71. The summed E-state index contributed by atoms with van der Waals surface area (Å²) in [7, 11) is 3.71. The molecule has 1 saturated carbocycles. The first-order valence-electron chi connectivity index (χ1n) is 15.0. The molecule has 1 heterocycles. The van der Waals surface area contributed by atoms with Crippen LogP contribution in [0.3, 0.4) is 0 Å². The van der Waals surface area contributed by atoms with Crippen molar-refractivity contribution in [2.45, 2.75) is 50.3 Å². The number of nitrogens with zero attached hydrogens (tertiary/aromatic N) is 2. The number of primary amides is 1.